The van der Waals surface area contributed by atoms with Gasteiger partial charge in [-0.3, -0.25) is 13.9 Å². The number of ether oxygens (including phenoxy) is 1. The van der Waals surface area contributed by atoms with Crippen molar-refractivity contribution in [1.82, 2.24) is 9.13 Å². The number of aromatic nitrogens is 2. The summed E-state index contributed by atoms with van der Waals surface area (Å²) in [5.41, 5.74) is -0.908. The summed E-state index contributed by atoms with van der Waals surface area (Å²) in [5, 5.41) is 8.90. The Hall–Kier alpha value is -1.87. The standard InChI is InChI=1S/C12H15N3O3/c1-2-14-7-9(6-13)11(16)15(12(14)17)8-10-4-3-5-18-10/h7,10H,2-5,8H2,1H3. The summed E-state index contributed by atoms with van der Waals surface area (Å²) in [4.78, 5) is 24.0. The monoisotopic (exact) mass is 249 g/mol. The highest BCUT2D eigenvalue weighted by atomic mass is 16.5. The quantitative estimate of drug-likeness (QED) is 0.760. The molecule has 0 aliphatic carbocycles. The highest BCUT2D eigenvalue weighted by molar-refractivity contribution is 5.22. The Balaban J connectivity index is 2.47. The first kappa shape index (κ1) is 12.6. The van der Waals surface area contributed by atoms with Gasteiger partial charge >= 0.3 is 5.69 Å². The zero-order valence-electron chi connectivity index (χ0n) is 10.3. The van der Waals surface area contributed by atoms with Crippen molar-refractivity contribution < 1.29 is 4.74 Å². The fourth-order valence-corrected chi connectivity index (χ4v) is 2.11. The smallest absolute Gasteiger partial charge is 0.331 e. The predicted octanol–water partition coefficient (Wildman–Crippen LogP) is 0.0806. The van der Waals surface area contributed by atoms with E-state index in [4.69, 9.17) is 10.00 Å². The van der Waals surface area contributed by atoms with Crippen LogP contribution in [0.3, 0.4) is 0 Å². The van der Waals surface area contributed by atoms with Gasteiger partial charge in [0.05, 0.1) is 12.6 Å². The molecule has 96 valence electrons. The Morgan fingerprint density at radius 1 is 1.56 bits per heavy atom. The summed E-state index contributed by atoms with van der Waals surface area (Å²) in [6.07, 6.45) is 3.00. The molecule has 0 saturated carbocycles. The molecule has 0 bridgehead atoms. The van der Waals surface area contributed by atoms with Gasteiger partial charge in [0.25, 0.3) is 5.56 Å². The minimum absolute atomic E-state index is 0.00514. The van der Waals surface area contributed by atoms with E-state index in [0.717, 1.165) is 17.4 Å². The van der Waals surface area contributed by atoms with Gasteiger partial charge in [0.15, 0.2) is 0 Å². The Morgan fingerprint density at radius 3 is 2.89 bits per heavy atom. The van der Waals surface area contributed by atoms with E-state index < -0.39 is 5.56 Å². The fourth-order valence-electron chi connectivity index (χ4n) is 2.11. The lowest BCUT2D eigenvalue weighted by atomic mass is 10.2. The second-order valence-electron chi connectivity index (χ2n) is 4.27. The average molecular weight is 249 g/mol. The summed E-state index contributed by atoms with van der Waals surface area (Å²) in [6.45, 7) is 3.12. The minimum Gasteiger partial charge on any atom is -0.376 e. The molecule has 1 saturated heterocycles. The van der Waals surface area contributed by atoms with E-state index in [1.165, 1.54) is 10.8 Å². The van der Waals surface area contributed by atoms with E-state index in [1.54, 1.807) is 6.92 Å². The lowest BCUT2D eigenvalue weighted by molar-refractivity contribution is 0.0946. The van der Waals surface area contributed by atoms with Crippen LogP contribution in [0.25, 0.3) is 0 Å². The van der Waals surface area contributed by atoms with Gasteiger partial charge in [0, 0.05) is 19.3 Å². The fraction of sp³-hybridized carbons (Fsp3) is 0.583. The van der Waals surface area contributed by atoms with Crippen LogP contribution in [0.1, 0.15) is 25.3 Å². The molecule has 18 heavy (non-hydrogen) atoms. The molecule has 0 aromatic carbocycles. The van der Waals surface area contributed by atoms with Crippen molar-refractivity contribution in [3.63, 3.8) is 0 Å². The molecule has 1 unspecified atom stereocenters. The third-order valence-corrected chi connectivity index (χ3v) is 3.11. The average Bonchev–Trinajstić information content (AvgIpc) is 2.88. The van der Waals surface area contributed by atoms with E-state index in [2.05, 4.69) is 0 Å². The lowest BCUT2D eigenvalue weighted by Crippen LogP contribution is -2.43. The molecule has 0 spiro atoms. The van der Waals surface area contributed by atoms with Crippen LogP contribution in [0.4, 0.5) is 0 Å². The molecule has 6 nitrogen and oxygen atoms in total. The molecular formula is C12H15N3O3. The SMILES string of the molecule is CCn1cc(C#N)c(=O)n(CC2CCCO2)c1=O. The third kappa shape index (κ3) is 2.22. The first-order valence-corrected chi connectivity index (χ1v) is 6.03. The molecule has 0 radical (unpaired) electrons. The summed E-state index contributed by atoms with van der Waals surface area (Å²) in [6, 6.07) is 1.83. The highest BCUT2D eigenvalue weighted by Crippen LogP contribution is 2.12. The number of nitriles is 1. The van der Waals surface area contributed by atoms with Crippen LogP contribution in [0, 0.1) is 11.3 Å². The van der Waals surface area contributed by atoms with E-state index in [1.807, 2.05) is 6.07 Å². The number of hydrogen-bond acceptors (Lipinski definition) is 4. The number of rotatable bonds is 3. The van der Waals surface area contributed by atoms with E-state index in [0.29, 0.717) is 13.2 Å². The zero-order chi connectivity index (χ0) is 13.1. The molecule has 0 amide bonds. The first-order chi connectivity index (χ1) is 8.67. The van der Waals surface area contributed by atoms with Crippen LogP contribution >= 0.6 is 0 Å². The Bertz CT molecular complexity index is 588. The molecule has 1 fully saturated rings. The van der Waals surface area contributed by atoms with Crippen LogP contribution in [-0.2, 0) is 17.8 Å². The molecule has 1 atom stereocenters. The molecule has 2 heterocycles. The summed E-state index contributed by atoms with van der Waals surface area (Å²) in [5.74, 6) is 0. The third-order valence-electron chi connectivity index (χ3n) is 3.11. The molecule has 1 aliphatic heterocycles. The molecule has 1 aromatic rings. The first-order valence-electron chi connectivity index (χ1n) is 6.03. The van der Waals surface area contributed by atoms with E-state index in [-0.39, 0.29) is 23.9 Å². The van der Waals surface area contributed by atoms with Crippen LogP contribution in [0.15, 0.2) is 15.8 Å². The van der Waals surface area contributed by atoms with E-state index in [9.17, 15) is 9.59 Å². The second kappa shape index (κ2) is 5.19. The summed E-state index contributed by atoms with van der Waals surface area (Å²) < 4.78 is 7.90. The summed E-state index contributed by atoms with van der Waals surface area (Å²) in [7, 11) is 0. The van der Waals surface area contributed by atoms with Gasteiger partial charge in [-0.25, -0.2) is 4.79 Å². The molecule has 1 aromatic heterocycles. The topological polar surface area (TPSA) is 77.0 Å². The van der Waals surface area contributed by atoms with E-state index >= 15 is 0 Å². The van der Waals surface area contributed by atoms with Crippen LogP contribution in [0.5, 0.6) is 0 Å². The summed E-state index contributed by atoms with van der Waals surface area (Å²) >= 11 is 0. The maximum atomic E-state index is 12.0. The van der Waals surface area contributed by atoms with Crippen molar-refractivity contribution in [2.75, 3.05) is 6.61 Å². The predicted molar refractivity (Wildman–Crippen MR) is 64.3 cm³/mol. The van der Waals surface area contributed by atoms with Crippen LogP contribution in [-0.4, -0.2) is 21.8 Å². The second-order valence-corrected chi connectivity index (χ2v) is 4.27. The van der Waals surface area contributed by atoms with Crippen molar-refractivity contribution >= 4 is 0 Å². The maximum absolute atomic E-state index is 12.0. The van der Waals surface area contributed by atoms with Gasteiger partial charge in [0.1, 0.15) is 11.6 Å². The Kier molecular flexibility index (Phi) is 3.63. The largest absolute Gasteiger partial charge is 0.376 e. The molecular weight excluding hydrogens is 234 g/mol. The van der Waals surface area contributed by atoms with Gasteiger partial charge in [-0.1, -0.05) is 0 Å². The number of nitrogens with zero attached hydrogens (tertiary/aromatic N) is 3. The molecule has 1 aliphatic rings. The van der Waals surface area contributed by atoms with Gasteiger partial charge in [0.2, 0.25) is 0 Å². The lowest BCUT2D eigenvalue weighted by Gasteiger charge is -2.13. The van der Waals surface area contributed by atoms with Crippen molar-refractivity contribution in [1.29, 1.82) is 5.26 Å². The Labute approximate surface area is 104 Å². The normalized spacial score (nSPS) is 18.8. The van der Waals surface area contributed by atoms with Crippen molar-refractivity contribution in [3.8, 4) is 6.07 Å². The number of aryl methyl sites for hydroxylation is 1. The van der Waals surface area contributed by atoms with Crippen LogP contribution < -0.4 is 11.2 Å². The minimum atomic E-state index is -0.525. The van der Waals surface area contributed by atoms with Gasteiger partial charge in [-0.15, -0.1) is 0 Å². The van der Waals surface area contributed by atoms with Gasteiger partial charge in [-0.2, -0.15) is 5.26 Å². The highest BCUT2D eigenvalue weighted by Gasteiger charge is 2.19. The molecule has 2 rings (SSSR count). The van der Waals surface area contributed by atoms with Crippen molar-refractivity contribution in [2.24, 2.45) is 0 Å². The van der Waals surface area contributed by atoms with Crippen LogP contribution in [0.2, 0.25) is 0 Å². The van der Waals surface area contributed by atoms with Gasteiger partial charge < -0.3 is 4.74 Å². The maximum Gasteiger partial charge on any atom is 0.331 e. The van der Waals surface area contributed by atoms with Crippen molar-refractivity contribution in [3.05, 3.63) is 32.6 Å². The molecule has 0 N–H and O–H groups in total. The van der Waals surface area contributed by atoms with Gasteiger partial charge in [-0.05, 0) is 19.8 Å². The number of hydrogen-bond donors (Lipinski definition) is 0. The zero-order valence-corrected chi connectivity index (χ0v) is 10.3. The Morgan fingerprint density at radius 2 is 2.33 bits per heavy atom. The molecule has 6 heteroatoms. The van der Waals surface area contributed by atoms with Crippen molar-refractivity contribution in [2.45, 2.75) is 39.0 Å².